The van der Waals surface area contributed by atoms with Crippen molar-refractivity contribution >= 4 is 28.2 Å². The Balaban J connectivity index is 2.16. The molecule has 0 aliphatic rings. The summed E-state index contributed by atoms with van der Waals surface area (Å²) in [4.78, 5) is 6.78. The molecule has 0 fully saturated rings. The van der Waals surface area contributed by atoms with Crippen LogP contribution in [0.5, 0.6) is 0 Å². The van der Waals surface area contributed by atoms with E-state index in [-0.39, 0.29) is 6.61 Å². The third kappa shape index (κ3) is 2.97. The largest absolute Gasteiger partial charge is 0.394 e. The lowest BCUT2D eigenvalue weighted by Crippen LogP contribution is -2.09. The van der Waals surface area contributed by atoms with Crippen molar-refractivity contribution in [1.29, 1.82) is 0 Å². The summed E-state index contributed by atoms with van der Waals surface area (Å²) in [6, 6.07) is 6.06. The van der Waals surface area contributed by atoms with Crippen molar-refractivity contribution in [1.82, 2.24) is 14.8 Å². The lowest BCUT2D eigenvalue weighted by atomic mass is 10.0. The molecule has 1 N–H and O–H groups in total. The van der Waals surface area contributed by atoms with Gasteiger partial charge in [-0.15, -0.1) is 0 Å². The van der Waals surface area contributed by atoms with E-state index in [2.05, 4.69) is 24.2 Å². The highest BCUT2D eigenvalue weighted by atomic mass is 35.5. The van der Waals surface area contributed by atoms with E-state index in [0.717, 1.165) is 39.1 Å². The van der Waals surface area contributed by atoms with Gasteiger partial charge in [-0.1, -0.05) is 11.6 Å². The molecule has 0 amide bonds. The summed E-state index contributed by atoms with van der Waals surface area (Å²) in [5, 5.41) is 15.3. The van der Waals surface area contributed by atoms with Crippen molar-refractivity contribution in [3.63, 3.8) is 0 Å². The predicted molar refractivity (Wildman–Crippen MR) is 98.9 cm³/mol. The summed E-state index contributed by atoms with van der Waals surface area (Å²) in [7, 11) is 3.95. The molecule has 0 aliphatic heterocycles. The molecular weight excluding hydrogens is 324 g/mol. The molecule has 3 aromatic rings. The van der Waals surface area contributed by atoms with Crippen LogP contribution in [0.4, 0.5) is 5.69 Å². The molecule has 0 radical (unpaired) electrons. The van der Waals surface area contributed by atoms with Crippen LogP contribution >= 0.6 is 11.6 Å². The molecule has 0 bridgehead atoms. The first-order valence-corrected chi connectivity index (χ1v) is 8.22. The van der Waals surface area contributed by atoms with Crippen LogP contribution in [0.15, 0.2) is 24.4 Å². The number of anilines is 1. The lowest BCUT2D eigenvalue weighted by molar-refractivity contribution is 0.269. The molecule has 0 atom stereocenters. The van der Waals surface area contributed by atoms with Gasteiger partial charge in [0.05, 0.1) is 40.8 Å². The first kappa shape index (κ1) is 16.7. The van der Waals surface area contributed by atoms with Crippen molar-refractivity contribution in [3.8, 4) is 11.3 Å². The number of nitrogens with zero attached hydrogens (tertiary/aromatic N) is 4. The number of hydrogen-bond acceptors (Lipinski definition) is 4. The van der Waals surface area contributed by atoms with Crippen molar-refractivity contribution in [2.24, 2.45) is 0 Å². The molecule has 0 saturated carbocycles. The van der Waals surface area contributed by atoms with E-state index in [1.165, 1.54) is 0 Å². The molecule has 5 nitrogen and oxygen atoms in total. The van der Waals surface area contributed by atoms with Crippen LogP contribution in [0, 0.1) is 13.8 Å². The van der Waals surface area contributed by atoms with Crippen LogP contribution in [-0.2, 0) is 6.54 Å². The minimum Gasteiger partial charge on any atom is -0.394 e. The number of hydrogen-bond donors (Lipinski definition) is 1. The number of fused-ring (bicyclic) bond motifs is 1. The fourth-order valence-electron chi connectivity index (χ4n) is 2.87. The van der Waals surface area contributed by atoms with Crippen LogP contribution in [-0.4, -0.2) is 40.6 Å². The number of rotatable bonds is 4. The SMILES string of the molecule is Cc1nn(CCO)cc1-c1cc(C)c2cc(N(C)C)c(Cl)cc2n1. The highest BCUT2D eigenvalue weighted by molar-refractivity contribution is 6.34. The van der Waals surface area contributed by atoms with E-state index in [1.807, 2.05) is 38.2 Å². The molecule has 2 heterocycles. The van der Waals surface area contributed by atoms with Crippen molar-refractivity contribution in [2.45, 2.75) is 20.4 Å². The molecule has 1 aromatic carbocycles. The topological polar surface area (TPSA) is 54.2 Å². The van der Waals surface area contributed by atoms with Gasteiger partial charge >= 0.3 is 0 Å². The van der Waals surface area contributed by atoms with Crippen molar-refractivity contribution in [2.75, 3.05) is 25.6 Å². The third-order valence-corrected chi connectivity index (χ3v) is 4.42. The van der Waals surface area contributed by atoms with Gasteiger partial charge in [0.1, 0.15) is 0 Å². The second kappa shape index (κ2) is 6.42. The Hall–Kier alpha value is -2.11. The predicted octanol–water partition coefficient (Wildman–Crippen LogP) is 3.43. The maximum Gasteiger partial charge on any atom is 0.0746 e. The zero-order valence-electron chi connectivity index (χ0n) is 14.3. The molecule has 3 rings (SSSR count). The Kier molecular flexibility index (Phi) is 4.47. The molecule has 126 valence electrons. The summed E-state index contributed by atoms with van der Waals surface area (Å²) >= 11 is 6.40. The van der Waals surface area contributed by atoms with Gasteiger partial charge in [-0.3, -0.25) is 4.68 Å². The van der Waals surface area contributed by atoms with E-state index < -0.39 is 0 Å². The molecule has 0 unspecified atom stereocenters. The lowest BCUT2D eigenvalue weighted by Gasteiger charge is -2.16. The Morgan fingerprint density at radius 1 is 1.21 bits per heavy atom. The molecule has 6 heteroatoms. The quantitative estimate of drug-likeness (QED) is 0.787. The third-order valence-electron chi connectivity index (χ3n) is 4.12. The summed E-state index contributed by atoms with van der Waals surface area (Å²) in [5.41, 5.74) is 5.73. The second-order valence-electron chi connectivity index (χ2n) is 6.15. The van der Waals surface area contributed by atoms with Gasteiger partial charge in [0, 0.05) is 31.2 Å². The highest BCUT2D eigenvalue weighted by Crippen LogP contribution is 2.33. The summed E-state index contributed by atoms with van der Waals surface area (Å²) in [5.74, 6) is 0. The fraction of sp³-hybridized carbons (Fsp3) is 0.333. The minimum atomic E-state index is 0.0632. The van der Waals surface area contributed by atoms with Crippen molar-refractivity contribution in [3.05, 3.63) is 40.7 Å². The van der Waals surface area contributed by atoms with Gasteiger partial charge in [0.2, 0.25) is 0 Å². The van der Waals surface area contributed by atoms with Crippen LogP contribution in [0.25, 0.3) is 22.2 Å². The Morgan fingerprint density at radius 2 is 1.96 bits per heavy atom. The highest BCUT2D eigenvalue weighted by Gasteiger charge is 2.13. The minimum absolute atomic E-state index is 0.0632. The monoisotopic (exact) mass is 344 g/mol. The van der Waals surface area contributed by atoms with Gasteiger partial charge in [-0.05, 0) is 37.6 Å². The Labute approximate surface area is 146 Å². The van der Waals surface area contributed by atoms with Crippen molar-refractivity contribution < 1.29 is 5.11 Å². The summed E-state index contributed by atoms with van der Waals surface area (Å²) in [6.07, 6.45) is 1.93. The molecule has 24 heavy (non-hydrogen) atoms. The maximum atomic E-state index is 9.08. The van der Waals surface area contributed by atoms with Crippen LogP contribution in [0.1, 0.15) is 11.3 Å². The molecule has 0 saturated heterocycles. The Bertz CT molecular complexity index is 902. The van der Waals surface area contributed by atoms with Gasteiger partial charge < -0.3 is 10.0 Å². The number of pyridine rings is 1. The first-order valence-electron chi connectivity index (χ1n) is 7.84. The fourth-order valence-corrected chi connectivity index (χ4v) is 3.20. The first-order chi connectivity index (χ1) is 11.4. The standard InChI is InChI=1S/C18H21ClN4O/c1-11-7-16(14-10-23(5-6-24)21-12(14)2)20-17-9-15(19)18(22(3)4)8-13(11)17/h7-10,24H,5-6H2,1-4H3. The number of aliphatic hydroxyl groups is 1. The smallest absolute Gasteiger partial charge is 0.0746 e. The van der Waals surface area contributed by atoms with Crippen LogP contribution in [0.2, 0.25) is 5.02 Å². The molecule has 0 aliphatic carbocycles. The van der Waals surface area contributed by atoms with E-state index in [4.69, 9.17) is 21.7 Å². The zero-order valence-corrected chi connectivity index (χ0v) is 15.1. The normalized spacial score (nSPS) is 11.2. The number of aromatic nitrogens is 3. The summed E-state index contributed by atoms with van der Waals surface area (Å²) < 4.78 is 1.74. The molecule has 2 aromatic heterocycles. The Morgan fingerprint density at radius 3 is 2.62 bits per heavy atom. The molecular formula is C18H21ClN4O. The number of halogens is 1. The van der Waals surface area contributed by atoms with E-state index in [9.17, 15) is 0 Å². The number of benzene rings is 1. The van der Waals surface area contributed by atoms with Crippen LogP contribution in [0.3, 0.4) is 0 Å². The average Bonchev–Trinajstić information content (AvgIpc) is 2.87. The van der Waals surface area contributed by atoms with E-state index in [1.54, 1.807) is 4.68 Å². The molecule has 0 spiro atoms. The zero-order chi connectivity index (χ0) is 17.4. The van der Waals surface area contributed by atoms with Gasteiger partial charge in [0.15, 0.2) is 0 Å². The second-order valence-corrected chi connectivity index (χ2v) is 6.56. The average molecular weight is 345 g/mol. The summed E-state index contributed by atoms with van der Waals surface area (Å²) in [6.45, 7) is 4.57. The van der Waals surface area contributed by atoms with Gasteiger partial charge in [-0.25, -0.2) is 4.98 Å². The maximum absolute atomic E-state index is 9.08. The van der Waals surface area contributed by atoms with Gasteiger partial charge in [-0.2, -0.15) is 5.10 Å². The van der Waals surface area contributed by atoms with Gasteiger partial charge in [0.25, 0.3) is 0 Å². The van der Waals surface area contributed by atoms with E-state index in [0.29, 0.717) is 11.6 Å². The number of aryl methyl sites for hydroxylation is 2. The number of aliphatic hydroxyl groups excluding tert-OH is 1. The van der Waals surface area contributed by atoms with Crippen LogP contribution < -0.4 is 4.90 Å². The van der Waals surface area contributed by atoms with E-state index >= 15 is 0 Å².